The number of thiol groups is 1. The number of hydrogen-bond acceptors (Lipinski definition) is 2. The molecule has 0 saturated heterocycles. The van der Waals surface area contributed by atoms with E-state index in [0.29, 0.717) is 0 Å². The fraction of sp³-hybridized carbons (Fsp3) is 0.333. The van der Waals surface area contributed by atoms with Crippen molar-refractivity contribution in [3.8, 4) is 0 Å². The predicted molar refractivity (Wildman–Crippen MR) is 49.2 cm³/mol. The highest BCUT2D eigenvalue weighted by molar-refractivity contribution is 7.80. The number of rotatable bonds is 2. The summed E-state index contributed by atoms with van der Waals surface area (Å²) in [7, 11) is 0. The predicted octanol–water partition coefficient (Wildman–Crippen LogP) is 2.07. The lowest BCUT2D eigenvalue weighted by Gasteiger charge is -2.07. The van der Waals surface area contributed by atoms with Crippen LogP contribution in [0.1, 0.15) is 18.4 Å². The molecule has 0 aromatic heterocycles. The minimum Gasteiger partial charge on any atom is -0.396 e. The summed E-state index contributed by atoms with van der Waals surface area (Å²) in [6, 6.07) is 7.85. The maximum atomic E-state index is 8.85. The highest BCUT2D eigenvalue weighted by atomic mass is 32.1. The van der Waals surface area contributed by atoms with Gasteiger partial charge in [-0.25, -0.2) is 0 Å². The van der Waals surface area contributed by atoms with Gasteiger partial charge in [-0.2, -0.15) is 0 Å². The van der Waals surface area contributed by atoms with E-state index in [9.17, 15) is 0 Å². The number of aliphatic hydroxyl groups excluding tert-OH is 1. The molecule has 0 aliphatic rings. The van der Waals surface area contributed by atoms with E-state index in [1.807, 2.05) is 31.2 Å². The molecule has 1 nitrogen and oxygen atoms in total. The van der Waals surface area contributed by atoms with Gasteiger partial charge in [-0.3, -0.25) is 0 Å². The Labute approximate surface area is 72.5 Å². The lowest BCUT2D eigenvalue weighted by Crippen LogP contribution is -1.97. The zero-order valence-electron chi connectivity index (χ0n) is 6.49. The molecule has 2 heteroatoms. The number of aliphatic hydroxyl groups is 1. The lowest BCUT2D eigenvalue weighted by atomic mass is 10.0. The van der Waals surface area contributed by atoms with Gasteiger partial charge < -0.3 is 5.11 Å². The fourth-order valence-electron chi connectivity index (χ4n) is 0.937. The molecule has 0 radical (unpaired) electrons. The molecule has 60 valence electrons. The molecule has 0 aliphatic carbocycles. The second-order valence-corrected chi connectivity index (χ2v) is 3.20. The first kappa shape index (κ1) is 8.62. The summed E-state index contributed by atoms with van der Waals surface area (Å²) in [6.07, 6.45) is 0. The third-order valence-electron chi connectivity index (χ3n) is 1.71. The van der Waals surface area contributed by atoms with Crippen LogP contribution < -0.4 is 0 Å². The Kier molecular flexibility index (Phi) is 2.97. The van der Waals surface area contributed by atoms with Gasteiger partial charge in [0.25, 0.3) is 0 Å². The molecular weight excluding hydrogens is 156 g/mol. The van der Waals surface area contributed by atoms with E-state index >= 15 is 0 Å². The average Bonchev–Trinajstić information content (AvgIpc) is 2.03. The van der Waals surface area contributed by atoms with Crippen LogP contribution in [0.5, 0.6) is 0 Å². The Morgan fingerprint density at radius 1 is 1.55 bits per heavy atom. The van der Waals surface area contributed by atoms with Gasteiger partial charge in [0.2, 0.25) is 0 Å². The molecular formula is C9H12OS. The van der Waals surface area contributed by atoms with Gasteiger partial charge in [-0.05, 0) is 17.7 Å². The van der Waals surface area contributed by atoms with Crippen molar-refractivity contribution in [1.82, 2.24) is 0 Å². The Bertz CT molecular complexity index is 235. The summed E-state index contributed by atoms with van der Waals surface area (Å²) in [5, 5.41) is 8.85. The Morgan fingerprint density at radius 3 is 2.82 bits per heavy atom. The van der Waals surface area contributed by atoms with E-state index in [0.717, 1.165) is 10.5 Å². The van der Waals surface area contributed by atoms with Crippen LogP contribution in [0.4, 0.5) is 0 Å². The molecule has 1 unspecified atom stereocenters. The van der Waals surface area contributed by atoms with Gasteiger partial charge >= 0.3 is 0 Å². The molecule has 0 aliphatic heterocycles. The Balaban J connectivity index is 2.86. The van der Waals surface area contributed by atoms with Gasteiger partial charge in [0, 0.05) is 17.4 Å². The lowest BCUT2D eigenvalue weighted by molar-refractivity contribution is 0.273. The fourth-order valence-corrected chi connectivity index (χ4v) is 1.17. The van der Waals surface area contributed by atoms with Gasteiger partial charge in [-0.1, -0.05) is 19.1 Å². The van der Waals surface area contributed by atoms with Crippen LogP contribution in [-0.4, -0.2) is 11.7 Å². The van der Waals surface area contributed by atoms with E-state index in [-0.39, 0.29) is 12.5 Å². The first-order valence-corrected chi connectivity index (χ1v) is 4.08. The van der Waals surface area contributed by atoms with Crippen molar-refractivity contribution in [3.05, 3.63) is 29.8 Å². The second kappa shape index (κ2) is 3.79. The summed E-state index contributed by atoms with van der Waals surface area (Å²) < 4.78 is 0. The van der Waals surface area contributed by atoms with Crippen LogP contribution in [0, 0.1) is 0 Å². The topological polar surface area (TPSA) is 20.2 Å². The van der Waals surface area contributed by atoms with Crippen LogP contribution in [0.2, 0.25) is 0 Å². The molecule has 1 aromatic rings. The molecule has 0 heterocycles. The maximum absolute atomic E-state index is 8.85. The summed E-state index contributed by atoms with van der Waals surface area (Å²) in [4.78, 5) is 0.947. The van der Waals surface area contributed by atoms with Gasteiger partial charge in [0.15, 0.2) is 0 Å². The first-order chi connectivity index (χ1) is 5.24. The SMILES string of the molecule is CC(CO)c1cccc(S)c1. The Morgan fingerprint density at radius 2 is 2.27 bits per heavy atom. The minimum atomic E-state index is 0.192. The van der Waals surface area contributed by atoms with E-state index in [1.165, 1.54) is 0 Å². The minimum absolute atomic E-state index is 0.192. The van der Waals surface area contributed by atoms with E-state index in [2.05, 4.69) is 12.6 Å². The zero-order valence-corrected chi connectivity index (χ0v) is 7.38. The molecule has 1 aromatic carbocycles. The van der Waals surface area contributed by atoms with Gasteiger partial charge in [-0.15, -0.1) is 12.6 Å². The van der Waals surface area contributed by atoms with Gasteiger partial charge in [0.1, 0.15) is 0 Å². The highest BCUT2D eigenvalue weighted by Gasteiger charge is 2.02. The van der Waals surface area contributed by atoms with Crippen molar-refractivity contribution >= 4 is 12.6 Å². The summed E-state index contributed by atoms with van der Waals surface area (Å²) >= 11 is 4.21. The van der Waals surface area contributed by atoms with Crippen molar-refractivity contribution < 1.29 is 5.11 Å². The zero-order chi connectivity index (χ0) is 8.27. The summed E-state index contributed by atoms with van der Waals surface area (Å²) in [5.41, 5.74) is 1.14. The summed E-state index contributed by atoms with van der Waals surface area (Å²) in [6.45, 7) is 2.18. The molecule has 0 amide bonds. The number of benzene rings is 1. The van der Waals surface area contributed by atoms with Crippen molar-refractivity contribution in [3.63, 3.8) is 0 Å². The van der Waals surface area contributed by atoms with Crippen LogP contribution in [-0.2, 0) is 0 Å². The van der Waals surface area contributed by atoms with Crippen molar-refractivity contribution in [2.24, 2.45) is 0 Å². The first-order valence-electron chi connectivity index (χ1n) is 3.64. The normalized spacial score (nSPS) is 13.0. The molecule has 0 fully saturated rings. The Hall–Kier alpha value is -0.470. The molecule has 0 saturated carbocycles. The van der Waals surface area contributed by atoms with Gasteiger partial charge in [0.05, 0.1) is 0 Å². The average molecular weight is 168 g/mol. The molecule has 0 spiro atoms. The number of hydrogen-bond donors (Lipinski definition) is 2. The van der Waals surface area contributed by atoms with E-state index in [1.54, 1.807) is 0 Å². The highest BCUT2D eigenvalue weighted by Crippen LogP contribution is 2.17. The van der Waals surface area contributed by atoms with Crippen LogP contribution in [0.3, 0.4) is 0 Å². The van der Waals surface area contributed by atoms with Crippen molar-refractivity contribution in [1.29, 1.82) is 0 Å². The smallest absolute Gasteiger partial charge is 0.0497 e. The van der Waals surface area contributed by atoms with Crippen molar-refractivity contribution in [2.45, 2.75) is 17.7 Å². The van der Waals surface area contributed by atoms with Crippen LogP contribution >= 0.6 is 12.6 Å². The summed E-state index contributed by atoms with van der Waals surface area (Å²) in [5.74, 6) is 0.210. The second-order valence-electron chi connectivity index (χ2n) is 2.68. The molecule has 1 N–H and O–H groups in total. The quantitative estimate of drug-likeness (QED) is 0.648. The van der Waals surface area contributed by atoms with E-state index in [4.69, 9.17) is 5.11 Å². The molecule has 1 rings (SSSR count). The largest absolute Gasteiger partial charge is 0.396 e. The van der Waals surface area contributed by atoms with Crippen LogP contribution in [0.25, 0.3) is 0 Å². The van der Waals surface area contributed by atoms with Crippen LogP contribution in [0.15, 0.2) is 29.2 Å². The third kappa shape index (κ3) is 2.24. The molecule has 11 heavy (non-hydrogen) atoms. The standard InChI is InChI=1S/C9H12OS/c1-7(6-10)8-3-2-4-9(11)5-8/h2-5,7,10-11H,6H2,1H3. The van der Waals surface area contributed by atoms with Crippen molar-refractivity contribution in [2.75, 3.05) is 6.61 Å². The maximum Gasteiger partial charge on any atom is 0.0497 e. The molecule has 1 atom stereocenters. The van der Waals surface area contributed by atoms with E-state index < -0.39 is 0 Å². The monoisotopic (exact) mass is 168 g/mol. The molecule has 0 bridgehead atoms. The third-order valence-corrected chi connectivity index (χ3v) is 1.99.